The molecule has 0 aliphatic carbocycles. The number of hydrogen-bond acceptors (Lipinski definition) is 2. The summed E-state index contributed by atoms with van der Waals surface area (Å²) in [6.45, 7) is 2.14. The summed E-state index contributed by atoms with van der Waals surface area (Å²) in [4.78, 5) is 0. The molecule has 2 nitrogen and oxygen atoms in total. The molecule has 0 amide bonds. The zero-order valence-electron chi connectivity index (χ0n) is 11.4. The van der Waals surface area contributed by atoms with Gasteiger partial charge in [0.25, 0.3) is 0 Å². The smallest absolute Gasteiger partial charge is 0.115 e. The normalized spacial score (nSPS) is 13.2. The summed E-state index contributed by atoms with van der Waals surface area (Å²) in [6.07, 6.45) is 0.767. The van der Waals surface area contributed by atoms with Crippen molar-refractivity contribution in [2.24, 2.45) is 0 Å². The molecular formula is C17H17ClN2. The van der Waals surface area contributed by atoms with Gasteiger partial charge in [-0.1, -0.05) is 48.9 Å². The van der Waals surface area contributed by atoms with Gasteiger partial charge in [-0.3, -0.25) is 0 Å². The fraction of sp³-hybridized carbons (Fsp3) is 0.235. The van der Waals surface area contributed by atoms with Crippen LogP contribution in [0.5, 0.6) is 0 Å². The van der Waals surface area contributed by atoms with Gasteiger partial charge in [0, 0.05) is 10.7 Å². The third-order valence-corrected chi connectivity index (χ3v) is 3.55. The highest BCUT2D eigenvalue weighted by Crippen LogP contribution is 2.22. The van der Waals surface area contributed by atoms with E-state index in [-0.39, 0.29) is 6.04 Å². The standard InChI is InChI=1S/C17H17ClN2/c1-13(14-5-3-2-4-6-14)11-17(12-19)20-16-9-7-15(18)8-10-16/h2-10,13,17,20H,11H2,1H3. The Morgan fingerprint density at radius 1 is 1.10 bits per heavy atom. The molecular weight excluding hydrogens is 268 g/mol. The topological polar surface area (TPSA) is 35.8 Å². The van der Waals surface area contributed by atoms with Gasteiger partial charge in [0.2, 0.25) is 0 Å². The molecule has 0 aliphatic rings. The summed E-state index contributed by atoms with van der Waals surface area (Å²) in [7, 11) is 0. The van der Waals surface area contributed by atoms with E-state index in [0.29, 0.717) is 10.9 Å². The van der Waals surface area contributed by atoms with E-state index in [1.165, 1.54) is 5.56 Å². The average molecular weight is 285 g/mol. The van der Waals surface area contributed by atoms with Gasteiger partial charge in [0.15, 0.2) is 0 Å². The molecule has 2 rings (SSSR count). The van der Waals surface area contributed by atoms with Crippen molar-refractivity contribution in [1.29, 1.82) is 5.26 Å². The molecule has 2 aromatic rings. The molecule has 102 valence electrons. The Bertz CT molecular complexity index is 572. The third-order valence-electron chi connectivity index (χ3n) is 3.30. The highest BCUT2D eigenvalue weighted by molar-refractivity contribution is 6.30. The molecule has 20 heavy (non-hydrogen) atoms. The lowest BCUT2D eigenvalue weighted by molar-refractivity contribution is 0.652. The monoisotopic (exact) mass is 284 g/mol. The molecule has 0 spiro atoms. The molecule has 2 aromatic carbocycles. The van der Waals surface area contributed by atoms with E-state index in [0.717, 1.165) is 12.1 Å². The van der Waals surface area contributed by atoms with Crippen molar-refractivity contribution in [1.82, 2.24) is 0 Å². The van der Waals surface area contributed by atoms with Crippen molar-refractivity contribution in [3.8, 4) is 6.07 Å². The Hall–Kier alpha value is -1.98. The largest absolute Gasteiger partial charge is 0.370 e. The maximum atomic E-state index is 9.30. The van der Waals surface area contributed by atoms with Gasteiger partial charge in [0.05, 0.1) is 6.07 Å². The number of halogens is 1. The van der Waals surface area contributed by atoms with Crippen molar-refractivity contribution in [2.75, 3.05) is 5.32 Å². The Morgan fingerprint density at radius 2 is 1.75 bits per heavy atom. The van der Waals surface area contributed by atoms with E-state index >= 15 is 0 Å². The van der Waals surface area contributed by atoms with Crippen LogP contribution in [0.4, 0.5) is 5.69 Å². The van der Waals surface area contributed by atoms with Gasteiger partial charge >= 0.3 is 0 Å². The number of nitrogens with one attached hydrogen (secondary N) is 1. The first-order valence-corrected chi connectivity index (χ1v) is 7.03. The van der Waals surface area contributed by atoms with Crippen LogP contribution in [-0.4, -0.2) is 6.04 Å². The molecule has 3 heteroatoms. The van der Waals surface area contributed by atoms with Crippen LogP contribution in [0.15, 0.2) is 54.6 Å². The van der Waals surface area contributed by atoms with Crippen LogP contribution in [0.3, 0.4) is 0 Å². The predicted molar refractivity (Wildman–Crippen MR) is 83.9 cm³/mol. The Kier molecular flexibility index (Phi) is 5.03. The van der Waals surface area contributed by atoms with E-state index in [2.05, 4.69) is 30.4 Å². The lowest BCUT2D eigenvalue weighted by Crippen LogP contribution is -2.19. The van der Waals surface area contributed by atoms with E-state index in [1.54, 1.807) is 0 Å². The summed E-state index contributed by atoms with van der Waals surface area (Å²) < 4.78 is 0. The fourth-order valence-electron chi connectivity index (χ4n) is 2.16. The van der Waals surface area contributed by atoms with Gasteiger partial charge in [-0.2, -0.15) is 5.26 Å². The minimum atomic E-state index is -0.216. The lowest BCUT2D eigenvalue weighted by atomic mass is 9.94. The maximum absolute atomic E-state index is 9.30. The third kappa shape index (κ3) is 4.01. The van der Waals surface area contributed by atoms with Crippen LogP contribution in [0.25, 0.3) is 0 Å². The highest BCUT2D eigenvalue weighted by atomic mass is 35.5. The van der Waals surface area contributed by atoms with Crippen LogP contribution in [0.1, 0.15) is 24.8 Å². The van der Waals surface area contributed by atoms with E-state index < -0.39 is 0 Å². The average Bonchev–Trinajstić information content (AvgIpc) is 2.49. The number of benzene rings is 2. The van der Waals surface area contributed by atoms with E-state index in [1.807, 2.05) is 42.5 Å². The van der Waals surface area contributed by atoms with Crippen molar-refractivity contribution in [2.45, 2.75) is 25.3 Å². The number of rotatable bonds is 5. The first-order chi connectivity index (χ1) is 9.69. The molecule has 0 bridgehead atoms. The van der Waals surface area contributed by atoms with Gasteiger partial charge in [0.1, 0.15) is 6.04 Å². The van der Waals surface area contributed by atoms with Crippen molar-refractivity contribution in [3.63, 3.8) is 0 Å². The number of nitriles is 1. The van der Waals surface area contributed by atoms with Crippen LogP contribution in [0.2, 0.25) is 5.02 Å². The molecule has 0 heterocycles. The molecule has 0 aliphatic heterocycles. The summed E-state index contributed by atoms with van der Waals surface area (Å²) in [5, 5.41) is 13.2. The Morgan fingerprint density at radius 3 is 2.35 bits per heavy atom. The molecule has 1 N–H and O–H groups in total. The van der Waals surface area contributed by atoms with Gasteiger partial charge in [-0.05, 0) is 42.2 Å². The molecule has 0 fully saturated rings. The van der Waals surface area contributed by atoms with Crippen molar-refractivity contribution in [3.05, 3.63) is 65.2 Å². The van der Waals surface area contributed by atoms with Gasteiger partial charge in [-0.25, -0.2) is 0 Å². The summed E-state index contributed by atoms with van der Waals surface area (Å²) >= 11 is 5.85. The molecule has 2 atom stereocenters. The minimum absolute atomic E-state index is 0.216. The van der Waals surface area contributed by atoms with Crippen molar-refractivity contribution < 1.29 is 0 Å². The highest BCUT2D eigenvalue weighted by Gasteiger charge is 2.13. The van der Waals surface area contributed by atoms with Crippen LogP contribution < -0.4 is 5.32 Å². The Labute approximate surface area is 125 Å². The molecule has 0 saturated heterocycles. The summed E-state index contributed by atoms with van der Waals surface area (Å²) in [5.41, 5.74) is 2.17. The minimum Gasteiger partial charge on any atom is -0.370 e. The number of anilines is 1. The SMILES string of the molecule is CC(CC(C#N)Nc1ccc(Cl)cc1)c1ccccc1. The lowest BCUT2D eigenvalue weighted by Gasteiger charge is -2.18. The molecule has 2 unspecified atom stereocenters. The maximum Gasteiger partial charge on any atom is 0.115 e. The summed E-state index contributed by atoms with van der Waals surface area (Å²) in [6, 6.07) is 19.8. The van der Waals surface area contributed by atoms with Crippen LogP contribution in [-0.2, 0) is 0 Å². The first kappa shape index (κ1) is 14.4. The van der Waals surface area contributed by atoms with E-state index in [9.17, 15) is 5.26 Å². The summed E-state index contributed by atoms with van der Waals surface area (Å²) in [5.74, 6) is 0.334. The molecule has 0 aromatic heterocycles. The zero-order chi connectivity index (χ0) is 14.4. The predicted octanol–water partition coefficient (Wildman–Crippen LogP) is 4.84. The zero-order valence-corrected chi connectivity index (χ0v) is 12.1. The Balaban J connectivity index is 1.99. The number of hydrogen-bond donors (Lipinski definition) is 1. The van der Waals surface area contributed by atoms with Gasteiger partial charge < -0.3 is 5.32 Å². The quantitative estimate of drug-likeness (QED) is 0.853. The first-order valence-electron chi connectivity index (χ1n) is 6.65. The van der Waals surface area contributed by atoms with Crippen LogP contribution >= 0.6 is 11.6 Å². The van der Waals surface area contributed by atoms with Gasteiger partial charge in [-0.15, -0.1) is 0 Å². The van der Waals surface area contributed by atoms with E-state index in [4.69, 9.17) is 11.6 Å². The second kappa shape index (κ2) is 6.98. The van der Waals surface area contributed by atoms with Crippen molar-refractivity contribution >= 4 is 17.3 Å². The second-order valence-electron chi connectivity index (χ2n) is 4.88. The number of nitrogens with zero attached hydrogens (tertiary/aromatic N) is 1. The fourth-order valence-corrected chi connectivity index (χ4v) is 2.29. The second-order valence-corrected chi connectivity index (χ2v) is 5.32. The molecule has 0 radical (unpaired) electrons. The van der Waals surface area contributed by atoms with Crippen LogP contribution in [0, 0.1) is 11.3 Å². The molecule has 0 saturated carbocycles.